The van der Waals surface area contributed by atoms with Gasteiger partial charge in [0.25, 0.3) is 16.8 Å². The zero-order chi connectivity index (χ0) is 19.7. The number of nitro benzene ring substituents is 1. The highest BCUT2D eigenvalue weighted by atomic mass is 32.2. The molecule has 0 bridgehead atoms. The summed E-state index contributed by atoms with van der Waals surface area (Å²) in [6, 6.07) is 10.6. The fourth-order valence-electron chi connectivity index (χ4n) is 2.46. The lowest BCUT2D eigenvalue weighted by molar-refractivity contribution is -0.384. The number of thiazole rings is 1. The van der Waals surface area contributed by atoms with Crippen LogP contribution in [0.25, 0.3) is 10.2 Å². The van der Waals surface area contributed by atoms with Crippen molar-refractivity contribution in [1.29, 1.82) is 0 Å². The van der Waals surface area contributed by atoms with Crippen LogP contribution < -0.4 is 4.74 Å². The molecule has 0 N–H and O–H groups in total. The summed E-state index contributed by atoms with van der Waals surface area (Å²) in [7, 11) is 0. The number of nitrogens with zero attached hydrogens (tertiary/aromatic N) is 4. The minimum absolute atomic E-state index is 0.0383. The van der Waals surface area contributed by atoms with Gasteiger partial charge in [-0.15, -0.1) is 21.5 Å². The van der Waals surface area contributed by atoms with Crippen LogP contribution in [0.1, 0.15) is 17.0 Å². The molecule has 142 valence electrons. The largest absolute Gasteiger partial charge is 0.484 e. The lowest BCUT2D eigenvalue weighted by Gasteiger charge is -2.07. The fraction of sp³-hybridized carbons (Fsp3) is 0.167. The van der Waals surface area contributed by atoms with Crippen molar-refractivity contribution in [3.8, 4) is 5.75 Å². The van der Waals surface area contributed by atoms with Gasteiger partial charge in [-0.3, -0.25) is 10.1 Å². The molecule has 0 aliphatic heterocycles. The molecule has 2 aromatic carbocycles. The Morgan fingerprint density at radius 1 is 1.21 bits per heavy atom. The second kappa shape index (κ2) is 7.56. The Labute approximate surface area is 167 Å². The number of hydrogen-bond acceptors (Lipinski definition) is 9. The van der Waals surface area contributed by atoms with Crippen molar-refractivity contribution < 1.29 is 14.1 Å². The number of non-ortho nitro benzene ring substituents is 1. The van der Waals surface area contributed by atoms with E-state index >= 15 is 0 Å². The van der Waals surface area contributed by atoms with E-state index in [1.54, 1.807) is 6.07 Å². The van der Waals surface area contributed by atoms with Gasteiger partial charge in [-0.25, -0.2) is 4.98 Å². The molecule has 8 nitrogen and oxygen atoms in total. The molecular weight excluding hydrogens is 400 g/mol. The molecule has 0 amide bonds. The smallest absolute Gasteiger partial charge is 0.283 e. The normalized spacial score (nSPS) is 11.1. The molecule has 2 heterocycles. The zero-order valence-electron chi connectivity index (χ0n) is 14.9. The first-order chi connectivity index (χ1) is 13.5. The monoisotopic (exact) mass is 414 g/mol. The molecule has 4 rings (SSSR count). The zero-order valence-corrected chi connectivity index (χ0v) is 16.5. The van der Waals surface area contributed by atoms with E-state index in [1.165, 1.54) is 35.2 Å². The SMILES string of the molecule is Cc1ccc(C)c(OCc2nnc(Sc3nc4ccc([N+](=O)[O-])cc4s3)o2)c1. The molecule has 0 spiro atoms. The number of hydrogen-bond donors (Lipinski definition) is 0. The lowest BCUT2D eigenvalue weighted by atomic mass is 10.1. The second-order valence-corrected chi connectivity index (χ2v) is 8.24. The van der Waals surface area contributed by atoms with Crippen LogP contribution in [0.5, 0.6) is 5.75 Å². The van der Waals surface area contributed by atoms with Crippen LogP contribution in [0.4, 0.5) is 5.69 Å². The van der Waals surface area contributed by atoms with E-state index in [-0.39, 0.29) is 12.3 Å². The van der Waals surface area contributed by atoms with Crippen molar-refractivity contribution in [1.82, 2.24) is 15.2 Å². The van der Waals surface area contributed by atoms with Gasteiger partial charge in [0.15, 0.2) is 10.9 Å². The third-order valence-corrected chi connectivity index (χ3v) is 5.80. The van der Waals surface area contributed by atoms with Crippen molar-refractivity contribution in [2.45, 2.75) is 30.0 Å². The maximum Gasteiger partial charge on any atom is 0.283 e. The Morgan fingerprint density at radius 3 is 2.89 bits per heavy atom. The molecule has 0 radical (unpaired) electrons. The molecular formula is C18H14N4O4S2. The number of benzene rings is 2. The molecule has 0 atom stereocenters. The van der Waals surface area contributed by atoms with Gasteiger partial charge in [0.1, 0.15) is 5.75 Å². The summed E-state index contributed by atoms with van der Waals surface area (Å²) >= 11 is 2.55. The van der Waals surface area contributed by atoms with E-state index in [0.717, 1.165) is 21.6 Å². The fourth-order valence-corrected chi connectivity index (χ4v) is 4.36. The van der Waals surface area contributed by atoms with Crippen LogP contribution in [0, 0.1) is 24.0 Å². The average Bonchev–Trinajstić information content (AvgIpc) is 3.28. The molecule has 0 unspecified atom stereocenters. The number of aryl methyl sites for hydroxylation is 2. The molecule has 28 heavy (non-hydrogen) atoms. The molecule has 0 aliphatic carbocycles. The Bertz CT molecular complexity index is 1170. The summed E-state index contributed by atoms with van der Waals surface area (Å²) < 4.78 is 12.8. The van der Waals surface area contributed by atoms with Gasteiger partial charge in [0, 0.05) is 23.9 Å². The molecule has 0 fully saturated rings. The molecule has 2 aromatic heterocycles. The Balaban J connectivity index is 1.45. The van der Waals surface area contributed by atoms with Crippen molar-refractivity contribution in [2.75, 3.05) is 0 Å². The number of rotatable bonds is 6. The number of aromatic nitrogens is 3. The van der Waals surface area contributed by atoms with E-state index in [0.29, 0.717) is 21.0 Å². The maximum atomic E-state index is 10.9. The molecule has 0 aliphatic rings. The van der Waals surface area contributed by atoms with E-state index in [4.69, 9.17) is 9.15 Å². The summed E-state index contributed by atoms with van der Waals surface area (Å²) in [6.45, 7) is 4.14. The number of nitro groups is 1. The minimum Gasteiger partial charge on any atom is -0.484 e. The summed E-state index contributed by atoms with van der Waals surface area (Å²) in [5.41, 5.74) is 2.87. The van der Waals surface area contributed by atoms with Crippen LogP contribution in [0.3, 0.4) is 0 Å². The van der Waals surface area contributed by atoms with Gasteiger partial charge in [-0.2, -0.15) is 0 Å². The minimum atomic E-state index is -0.424. The molecule has 4 aromatic rings. The summed E-state index contributed by atoms with van der Waals surface area (Å²) in [5.74, 6) is 1.14. The van der Waals surface area contributed by atoms with Gasteiger partial charge in [0.2, 0.25) is 0 Å². The third-order valence-electron chi connectivity index (χ3n) is 3.88. The highest BCUT2D eigenvalue weighted by Gasteiger charge is 2.14. The quantitative estimate of drug-likeness (QED) is 0.323. The summed E-state index contributed by atoms with van der Waals surface area (Å²) in [5, 5.41) is 19.2. The van der Waals surface area contributed by atoms with E-state index in [9.17, 15) is 10.1 Å². The third kappa shape index (κ3) is 3.97. The molecule has 10 heteroatoms. The predicted octanol–water partition coefficient (Wildman–Crippen LogP) is 4.93. The van der Waals surface area contributed by atoms with E-state index in [1.807, 2.05) is 32.0 Å². The first kappa shape index (κ1) is 18.4. The van der Waals surface area contributed by atoms with Crippen LogP contribution in [0.15, 0.2) is 50.4 Å². The molecule has 0 saturated heterocycles. The Kier molecular flexibility index (Phi) is 4.97. The first-order valence-electron chi connectivity index (χ1n) is 8.23. The van der Waals surface area contributed by atoms with E-state index < -0.39 is 4.92 Å². The van der Waals surface area contributed by atoms with Crippen LogP contribution in [0.2, 0.25) is 0 Å². The topological polar surface area (TPSA) is 104 Å². The summed E-state index contributed by atoms with van der Waals surface area (Å²) in [6.07, 6.45) is 0. The highest BCUT2D eigenvalue weighted by Crippen LogP contribution is 2.35. The standard InChI is InChI=1S/C18H14N4O4S2/c1-10-3-4-11(2)14(7-10)25-9-16-20-21-17(26-16)28-18-19-13-6-5-12(22(23)24)8-15(13)27-18/h3-8H,9H2,1-2H3. The van der Waals surface area contributed by atoms with Crippen molar-refractivity contribution >= 4 is 39.0 Å². The van der Waals surface area contributed by atoms with Gasteiger partial charge in [0.05, 0.1) is 15.1 Å². The van der Waals surface area contributed by atoms with Gasteiger partial charge >= 0.3 is 0 Å². The van der Waals surface area contributed by atoms with E-state index in [2.05, 4.69) is 15.2 Å². The molecule has 0 saturated carbocycles. The summed E-state index contributed by atoms with van der Waals surface area (Å²) in [4.78, 5) is 14.9. The number of ether oxygens (including phenoxy) is 1. The van der Waals surface area contributed by atoms with Crippen molar-refractivity contribution in [3.05, 3.63) is 63.5 Å². The predicted molar refractivity (Wildman–Crippen MR) is 105 cm³/mol. The second-order valence-electron chi connectivity index (χ2n) is 6.01. The Morgan fingerprint density at radius 2 is 2.07 bits per heavy atom. The lowest BCUT2D eigenvalue weighted by Crippen LogP contribution is -1.97. The van der Waals surface area contributed by atoms with Gasteiger partial charge in [-0.1, -0.05) is 12.1 Å². The van der Waals surface area contributed by atoms with Crippen LogP contribution in [-0.2, 0) is 6.61 Å². The highest BCUT2D eigenvalue weighted by molar-refractivity contribution is 8.00. The average molecular weight is 414 g/mol. The van der Waals surface area contributed by atoms with Crippen molar-refractivity contribution in [3.63, 3.8) is 0 Å². The maximum absolute atomic E-state index is 10.9. The van der Waals surface area contributed by atoms with Crippen LogP contribution >= 0.6 is 23.1 Å². The first-order valence-corrected chi connectivity index (χ1v) is 9.86. The van der Waals surface area contributed by atoms with Crippen LogP contribution in [-0.4, -0.2) is 20.1 Å². The van der Waals surface area contributed by atoms with Crippen molar-refractivity contribution in [2.24, 2.45) is 0 Å². The Hall–Kier alpha value is -2.98. The number of fused-ring (bicyclic) bond motifs is 1. The van der Waals surface area contributed by atoms with Gasteiger partial charge < -0.3 is 9.15 Å². The van der Waals surface area contributed by atoms with Gasteiger partial charge in [-0.05, 0) is 37.1 Å².